The summed E-state index contributed by atoms with van der Waals surface area (Å²) in [6.07, 6.45) is 0.825. The Morgan fingerprint density at radius 2 is 1.86 bits per heavy atom. The highest BCUT2D eigenvalue weighted by molar-refractivity contribution is 6.05. The highest BCUT2D eigenvalue weighted by Crippen LogP contribution is 2.29. The van der Waals surface area contributed by atoms with Crippen LogP contribution in [0.25, 0.3) is 10.9 Å². The quantitative estimate of drug-likeness (QED) is 0.773. The van der Waals surface area contributed by atoms with E-state index in [1.165, 1.54) is 11.6 Å². The molecule has 0 spiro atoms. The van der Waals surface area contributed by atoms with E-state index in [-0.39, 0.29) is 11.3 Å². The van der Waals surface area contributed by atoms with E-state index in [0.717, 1.165) is 11.9 Å². The Morgan fingerprint density at radius 3 is 2.55 bits per heavy atom. The zero-order valence-electron chi connectivity index (χ0n) is 12.3. The van der Waals surface area contributed by atoms with Crippen LogP contribution in [0, 0.1) is 6.92 Å². The van der Waals surface area contributed by atoms with Crippen LogP contribution in [0.1, 0.15) is 21.6 Å². The molecule has 0 fully saturated rings. The number of benzene rings is 2. The fraction of sp³-hybridized carbons (Fsp3) is 0.167. The van der Waals surface area contributed by atoms with Crippen LogP contribution in [-0.2, 0) is 13.0 Å². The molecule has 0 aliphatic heterocycles. The molecule has 0 saturated carbocycles. The molecule has 3 rings (SSSR count). The van der Waals surface area contributed by atoms with Gasteiger partial charge >= 0.3 is 5.97 Å². The second-order valence-corrected chi connectivity index (χ2v) is 5.35. The SMILES string of the molecule is Cc1c(C(=O)O)c2cc(O)ccc2n1CCc1ccccc1. The molecule has 2 aromatic carbocycles. The number of hydrogen-bond acceptors (Lipinski definition) is 2. The van der Waals surface area contributed by atoms with E-state index >= 15 is 0 Å². The minimum Gasteiger partial charge on any atom is -0.508 e. The molecule has 0 bridgehead atoms. The van der Waals surface area contributed by atoms with Crippen LogP contribution in [-0.4, -0.2) is 20.7 Å². The van der Waals surface area contributed by atoms with E-state index in [1.807, 2.05) is 29.7 Å². The molecule has 4 heteroatoms. The van der Waals surface area contributed by atoms with Crippen molar-refractivity contribution in [2.45, 2.75) is 19.9 Å². The Kier molecular flexibility index (Phi) is 3.59. The predicted octanol–water partition coefficient (Wildman–Crippen LogP) is 3.60. The predicted molar refractivity (Wildman–Crippen MR) is 85.4 cm³/mol. The van der Waals surface area contributed by atoms with E-state index in [2.05, 4.69) is 12.1 Å². The number of carbonyl (C=O) groups is 1. The minimum atomic E-state index is -0.966. The maximum Gasteiger partial charge on any atom is 0.338 e. The number of aromatic carboxylic acids is 1. The highest BCUT2D eigenvalue weighted by atomic mass is 16.4. The van der Waals surface area contributed by atoms with Gasteiger partial charge in [0.2, 0.25) is 0 Å². The molecule has 1 aromatic heterocycles. The van der Waals surface area contributed by atoms with Gasteiger partial charge in [-0.15, -0.1) is 0 Å². The van der Waals surface area contributed by atoms with Crippen molar-refractivity contribution >= 4 is 16.9 Å². The van der Waals surface area contributed by atoms with Crippen LogP contribution < -0.4 is 0 Å². The number of carboxylic acids is 1. The van der Waals surface area contributed by atoms with Crippen LogP contribution >= 0.6 is 0 Å². The molecule has 0 saturated heterocycles. The van der Waals surface area contributed by atoms with E-state index in [0.29, 0.717) is 17.6 Å². The van der Waals surface area contributed by atoms with Crippen molar-refractivity contribution in [1.29, 1.82) is 0 Å². The lowest BCUT2D eigenvalue weighted by atomic mass is 10.1. The van der Waals surface area contributed by atoms with Gasteiger partial charge in [0.25, 0.3) is 0 Å². The number of rotatable bonds is 4. The van der Waals surface area contributed by atoms with Crippen molar-refractivity contribution in [2.24, 2.45) is 0 Å². The van der Waals surface area contributed by atoms with Crippen LogP contribution in [0.3, 0.4) is 0 Å². The summed E-state index contributed by atoms with van der Waals surface area (Å²) in [5.41, 5.74) is 3.02. The van der Waals surface area contributed by atoms with Crippen LogP contribution in [0.2, 0.25) is 0 Å². The third kappa shape index (κ3) is 2.44. The second kappa shape index (κ2) is 5.56. The molecule has 1 heterocycles. The first-order valence-corrected chi connectivity index (χ1v) is 7.17. The molecular formula is C18H17NO3. The Hall–Kier alpha value is -2.75. The normalized spacial score (nSPS) is 11.0. The van der Waals surface area contributed by atoms with Gasteiger partial charge < -0.3 is 14.8 Å². The molecular weight excluding hydrogens is 278 g/mol. The third-order valence-electron chi connectivity index (χ3n) is 3.99. The summed E-state index contributed by atoms with van der Waals surface area (Å²) >= 11 is 0. The van der Waals surface area contributed by atoms with Crippen LogP contribution in [0.5, 0.6) is 5.75 Å². The monoisotopic (exact) mass is 295 g/mol. The average molecular weight is 295 g/mol. The fourth-order valence-corrected chi connectivity index (χ4v) is 2.91. The number of aryl methyl sites for hydroxylation is 2. The third-order valence-corrected chi connectivity index (χ3v) is 3.99. The van der Waals surface area contributed by atoms with Crippen molar-refractivity contribution < 1.29 is 15.0 Å². The maximum atomic E-state index is 11.5. The van der Waals surface area contributed by atoms with Gasteiger partial charge in [0.1, 0.15) is 5.75 Å². The molecule has 0 radical (unpaired) electrons. The van der Waals surface area contributed by atoms with Gasteiger partial charge in [-0.25, -0.2) is 4.79 Å². The summed E-state index contributed by atoms with van der Waals surface area (Å²) in [6, 6.07) is 15.0. The van der Waals surface area contributed by atoms with E-state index < -0.39 is 5.97 Å². The molecule has 0 unspecified atom stereocenters. The maximum absolute atomic E-state index is 11.5. The zero-order chi connectivity index (χ0) is 15.7. The number of aromatic nitrogens is 1. The molecule has 0 atom stereocenters. The van der Waals surface area contributed by atoms with E-state index in [1.54, 1.807) is 12.1 Å². The van der Waals surface area contributed by atoms with Crippen molar-refractivity contribution in [3.8, 4) is 5.75 Å². The van der Waals surface area contributed by atoms with Crippen molar-refractivity contribution in [3.05, 3.63) is 65.4 Å². The number of aromatic hydroxyl groups is 1. The Morgan fingerprint density at radius 1 is 1.14 bits per heavy atom. The fourth-order valence-electron chi connectivity index (χ4n) is 2.91. The van der Waals surface area contributed by atoms with Gasteiger partial charge in [0.05, 0.1) is 5.56 Å². The number of carboxylic acid groups (broad SMARTS) is 1. The van der Waals surface area contributed by atoms with E-state index in [4.69, 9.17) is 0 Å². The molecule has 0 aliphatic carbocycles. The van der Waals surface area contributed by atoms with Crippen LogP contribution in [0.4, 0.5) is 0 Å². The van der Waals surface area contributed by atoms with Gasteiger partial charge in [-0.3, -0.25) is 0 Å². The van der Waals surface area contributed by atoms with Gasteiger partial charge in [0.15, 0.2) is 0 Å². The molecule has 0 aliphatic rings. The van der Waals surface area contributed by atoms with Crippen molar-refractivity contribution in [2.75, 3.05) is 0 Å². The molecule has 0 amide bonds. The number of hydrogen-bond donors (Lipinski definition) is 2. The first-order chi connectivity index (χ1) is 10.6. The number of nitrogens with zero attached hydrogens (tertiary/aromatic N) is 1. The Balaban J connectivity index is 2.05. The van der Waals surface area contributed by atoms with Gasteiger partial charge in [-0.05, 0) is 37.1 Å². The standard InChI is InChI=1S/C18H17NO3/c1-12-17(18(21)22)15-11-14(20)7-8-16(15)19(12)10-9-13-5-3-2-4-6-13/h2-8,11,20H,9-10H2,1H3,(H,21,22). The Bertz CT molecular complexity index is 834. The summed E-state index contributed by atoms with van der Waals surface area (Å²) in [5.74, 6) is -0.887. The van der Waals surface area contributed by atoms with Gasteiger partial charge in [0, 0.05) is 23.1 Å². The number of fused-ring (bicyclic) bond motifs is 1. The van der Waals surface area contributed by atoms with Crippen molar-refractivity contribution in [3.63, 3.8) is 0 Å². The van der Waals surface area contributed by atoms with Gasteiger partial charge in [-0.2, -0.15) is 0 Å². The Labute approximate surface area is 128 Å². The zero-order valence-corrected chi connectivity index (χ0v) is 12.3. The summed E-state index contributed by atoms with van der Waals surface area (Å²) in [7, 11) is 0. The lowest BCUT2D eigenvalue weighted by molar-refractivity contribution is 0.0698. The lowest BCUT2D eigenvalue weighted by Crippen LogP contribution is -2.05. The summed E-state index contributed by atoms with van der Waals surface area (Å²) in [6.45, 7) is 2.51. The van der Waals surface area contributed by atoms with Crippen molar-refractivity contribution in [1.82, 2.24) is 4.57 Å². The highest BCUT2D eigenvalue weighted by Gasteiger charge is 2.19. The molecule has 3 aromatic rings. The lowest BCUT2D eigenvalue weighted by Gasteiger charge is -2.08. The second-order valence-electron chi connectivity index (χ2n) is 5.35. The molecule has 22 heavy (non-hydrogen) atoms. The molecule has 4 nitrogen and oxygen atoms in total. The smallest absolute Gasteiger partial charge is 0.338 e. The van der Waals surface area contributed by atoms with Gasteiger partial charge in [-0.1, -0.05) is 30.3 Å². The number of phenolic OH excluding ortho intramolecular Hbond substituents is 1. The molecule has 112 valence electrons. The summed E-state index contributed by atoms with van der Waals surface area (Å²) < 4.78 is 2.01. The largest absolute Gasteiger partial charge is 0.508 e. The molecule has 2 N–H and O–H groups in total. The topological polar surface area (TPSA) is 62.5 Å². The minimum absolute atomic E-state index is 0.0789. The first-order valence-electron chi connectivity index (χ1n) is 7.17. The van der Waals surface area contributed by atoms with Crippen LogP contribution in [0.15, 0.2) is 48.5 Å². The summed E-state index contributed by atoms with van der Waals surface area (Å²) in [4.78, 5) is 11.5. The summed E-state index contributed by atoms with van der Waals surface area (Å²) in [5, 5.41) is 19.7. The van der Waals surface area contributed by atoms with E-state index in [9.17, 15) is 15.0 Å². The first kappa shape index (κ1) is 14.2. The average Bonchev–Trinajstić information content (AvgIpc) is 2.77. The number of phenols is 1.